The van der Waals surface area contributed by atoms with Crippen LogP contribution in [-0.4, -0.2) is 28.0 Å². The Morgan fingerprint density at radius 3 is 2.30 bits per heavy atom. The first-order valence-electron chi connectivity index (χ1n) is 2.68. The highest BCUT2D eigenvalue weighted by molar-refractivity contribution is 8.14. The van der Waals surface area contributed by atoms with Crippen LogP contribution in [0.25, 0.3) is 0 Å². The lowest BCUT2D eigenvalue weighted by Gasteiger charge is -2.04. The average molecular weight is 163 g/mol. The van der Waals surface area contributed by atoms with E-state index in [-0.39, 0.29) is 11.7 Å². The molecule has 0 fully saturated rings. The molecule has 0 bridgehead atoms. The van der Waals surface area contributed by atoms with Crippen LogP contribution in [0.2, 0.25) is 0 Å². The summed E-state index contributed by atoms with van der Waals surface area (Å²) in [5, 5.41) is 7.35. The Hall–Kier alpha value is -0.550. The lowest BCUT2D eigenvalue weighted by Crippen LogP contribution is -2.26. The standard InChI is InChI=1S/C5H9NO3S/c1-3(7)10-4(2-6)5(8)9/h4H,2,6H2,1H3,(H,8,9)/t4-/m0/s1. The van der Waals surface area contributed by atoms with Gasteiger partial charge in [-0.15, -0.1) is 0 Å². The topological polar surface area (TPSA) is 80.4 Å². The first kappa shape index (κ1) is 9.45. The van der Waals surface area contributed by atoms with Crippen molar-refractivity contribution in [2.75, 3.05) is 6.54 Å². The lowest BCUT2D eigenvalue weighted by atomic mass is 10.4. The summed E-state index contributed by atoms with van der Waals surface area (Å²) >= 11 is 0.744. The van der Waals surface area contributed by atoms with E-state index in [2.05, 4.69) is 0 Å². The van der Waals surface area contributed by atoms with Gasteiger partial charge in [0, 0.05) is 13.5 Å². The maximum Gasteiger partial charge on any atom is 0.318 e. The molecule has 0 aliphatic heterocycles. The van der Waals surface area contributed by atoms with Crippen LogP contribution in [0.15, 0.2) is 0 Å². The van der Waals surface area contributed by atoms with Gasteiger partial charge in [0.25, 0.3) is 0 Å². The number of carboxylic acid groups (broad SMARTS) is 1. The molecule has 0 unspecified atom stereocenters. The maximum atomic E-state index is 10.4. The molecule has 0 aromatic heterocycles. The van der Waals surface area contributed by atoms with Gasteiger partial charge in [-0.1, -0.05) is 11.8 Å². The molecule has 0 amide bonds. The van der Waals surface area contributed by atoms with E-state index in [1.807, 2.05) is 0 Å². The third-order valence-electron chi connectivity index (χ3n) is 0.798. The third-order valence-corrected chi connectivity index (χ3v) is 1.81. The number of hydrogen-bond acceptors (Lipinski definition) is 4. The molecule has 0 rings (SSSR count). The van der Waals surface area contributed by atoms with Crippen molar-refractivity contribution in [3.8, 4) is 0 Å². The van der Waals surface area contributed by atoms with Gasteiger partial charge < -0.3 is 10.8 Å². The predicted molar refractivity (Wildman–Crippen MR) is 38.8 cm³/mol. The summed E-state index contributed by atoms with van der Waals surface area (Å²) in [7, 11) is 0. The molecule has 10 heavy (non-hydrogen) atoms. The van der Waals surface area contributed by atoms with Crippen molar-refractivity contribution in [2.45, 2.75) is 12.2 Å². The minimum atomic E-state index is -1.04. The zero-order chi connectivity index (χ0) is 8.15. The molecular formula is C5H9NO3S. The highest BCUT2D eigenvalue weighted by Gasteiger charge is 2.17. The molecule has 0 aliphatic carbocycles. The normalized spacial score (nSPS) is 12.6. The van der Waals surface area contributed by atoms with Crippen LogP contribution in [0, 0.1) is 0 Å². The van der Waals surface area contributed by atoms with Gasteiger partial charge in [-0.3, -0.25) is 9.59 Å². The zero-order valence-corrected chi connectivity index (χ0v) is 6.35. The molecule has 0 heterocycles. The summed E-state index contributed by atoms with van der Waals surface area (Å²) in [6.45, 7) is 1.30. The molecule has 0 aliphatic rings. The lowest BCUT2D eigenvalue weighted by molar-refractivity contribution is -0.136. The Kier molecular flexibility index (Phi) is 4.06. The molecule has 0 spiro atoms. The number of hydrogen-bond donors (Lipinski definition) is 2. The molecule has 3 N–H and O–H groups in total. The average Bonchev–Trinajstić information content (AvgIpc) is 1.81. The van der Waals surface area contributed by atoms with Crippen molar-refractivity contribution >= 4 is 22.8 Å². The molecule has 0 radical (unpaired) electrons. The van der Waals surface area contributed by atoms with Gasteiger partial charge in [0.1, 0.15) is 5.25 Å². The van der Waals surface area contributed by atoms with E-state index in [4.69, 9.17) is 10.8 Å². The Balaban J connectivity index is 3.83. The molecule has 58 valence electrons. The van der Waals surface area contributed by atoms with E-state index in [1.54, 1.807) is 0 Å². The summed E-state index contributed by atoms with van der Waals surface area (Å²) in [6.07, 6.45) is 0. The number of carboxylic acids is 1. The number of thioether (sulfide) groups is 1. The fourth-order valence-electron chi connectivity index (χ4n) is 0.400. The first-order chi connectivity index (χ1) is 4.57. The predicted octanol–water partition coefficient (Wildman–Crippen LogP) is -0.322. The Bertz CT molecular complexity index is 148. The minimum Gasteiger partial charge on any atom is -0.480 e. The minimum absolute atomic E-state index is 0.0143. The molecule has 0 saturated heterocycles. The molecule has 4 nitrogen and oxygen atoms in total. The summed E-state index contributed by atoms with van der Waals surface area (Å²) in [4.78, 5) is 20.6. The second-order valence-electron chi connectivity index (χ2n) is 1.67. The Morgan fingerprint density at radius 2 is 2.20 bits per heavy atom. The molecule has 5 heteroatoms. The largest absolute Gasteiger partial charge is 0.480 e. The Morgan fingerprint density at radius 1 is 1.70 bits per heavy atom. The fourth-order valence-corrected chi connectivity index (χ4v) is 0.997. The highest BCUT2D eigenvalue weighted by atomic mass is 32.2. The van der Waals surface area contributed by atoms with Gasteiger partial charge in [0.15, 0.2) is 5.12 Å². The summed E-state index contributed by atoms with van der Waals surface area (Å²) in [6, 6.07) is 0. The van der Waals surface area contributed by atoms with Crippen LogP contribution >= 0.6 is 11.8 Å². The van der Waals surface area contributed by atoms with E-state index in [0.29, 0.717) is 0 Å². The van der Waals surface area contributed by atoms with Gasteiger partial charge in [0.05, 0.1) is 0 Å². The zero-order valence-electron chi connectivity index (χ0n) is 5.53. The second-order valence-corrected chi connectivity index (χ2v) is 3.05. The first-order valence-corrected chi connectivity index (χ1v) is 3.56. The SMILES string of the molecule is CC(=O)S[C@@H](CN)C(=O)O. The van der Waals surface area contributed by atoms with E-state index in [9.17, 15) is 9.59 Å². The number of carbonyl (C=O) groups excluding carboxylic acids is 1. The van der Waals surface area contributed by atoms with Gasteiger partial charge >= 0.3 is 5.97 Å². The van der Waals surface area contributed by atoms with Crippen LogP contribution in [0.1, 0.15) is 6.92 Å². The summed E-state index contributed by atoms with van der Waals surface area (Å²) < 4.78 is 0. The molecular weight excluding hydrogens is 154 g/mol. The van der Waals surface area contributed by atoms with E-state index in [0.717, 1.165) is 11.8 Å². The van der Waals surface area contributed by atoms with E-state index < -0.39 is 11.2 Å². The number of nitrogens with two attached hydrogens (primary N) is 1. The maximum absolute atomic E-state index is 10.4. The van der Waals surface area contributed by atoms with Crippen LogP contribution in [0.4, 0.5) is 0 Å². The smallest absolute Gasteiger partial charge is 0.318 e. The van der Waals surface area contributed by atoms with Crippen molar-refractivity contribution in [1.82, 2.24) is 0 Å². The van der Waals surface area contributed by atoms with E-state index in [1.165, 1.54) is 6.92 Å². The van der Waals surface area contributed by atoms with Crippen LogP contribution in [0.3, 0.4) is 0 Å². The van der Waals surface area contributed by atoms with Crippen molar-refractivity contribution in [1.29, 1.82) is 0 Å². The second kappa shape index (κ2) is 4.29. The molecule has 0 aromatic carbocycles. The van der Waals surface area contributed by atoms with Crippen LogP contribution in [-0.2, 0) is 9.59 Å². The quantitative estimate of drug-likeness (QED) is 0.596. The van der Waals surface area contributed by atoms with Crippen molar-refractivity contribution in [3.63, 3.8) is 0 Å². The van der Waals surface area contributed by atoms with Gasteiger partial charge in [0.2, 0.25) is 0 Å². The summed E-state index contributed by atoms with van der Waals surface area (Å²) in [5.41, 5.74) is 5.07. The highest BCUT2D eigenvalue weighted by Crippen LogP contribution is 2.09. The fraction of sp³-hybridized carbons (Fsp3) is 0.600. The van der Waals surface area contributed by atoms with Gasteiger partial charge in [-0.05, 0) is 0 Å². The van der Waals surface area contributed by atoms with Crippen molar-refractivity contribution in [3.05, 3.63) is 0 Å². The third kappa shape index (κ3) is 3.47. The van der Waals surface area contributed by atoms with Crippen molar-refractivity contribution in [2.24, 2.45) is 5.73 Å². The van der Waals surface area contributed by atoms with E-state index >= 15 is 0 Å². The van der Waals surface area contributed by atoms with Gasteiger partial charge in [-0.25, -0.2) is 0 Å². The summed E-state index contributed by atoms with van der Waals surface area (Å²) in [5.74, 6) is -1.04. The van der Waals surface area contributed by atoms with Crippen LogP contribution < -0.4 is 5.73 Å². The molecule has 0 saturated carbocycles. The molecule has 1 atom stereocenters. The van der Waals surface area contributed by atoms with Crippen molar-refractivity contribution < 1.29 is 14.7 Å². The van der Waals surface area contributed by atoms with Crippen LogP contribution in [0.5, 0.6) is 0 Å². The monoisotopic (exact) mass is 163 g/mol. The molecule has 0 aromatic rings. The number of rotatable bonds is 3. The Labute approximate surface area is 62.8 Å². The van der Waals surface area contributed by atoms with Gasteiger partial charge in [-0.2, -0.15) is 0 Å². The number of carbonyl (C=O) groups is 2. The number of aliphatic carboxylic acids is 1.